The molecule has 0 aromatic carbocycles. The maximum absolute atomic E-state index is 12.6. The maximum Gasteiger partial charge on any atom is 0.242 e. The zero-order valence-corrected chi connectivity index (χ0v) is 12.8. The number of ether oxygens (including phenoxy) is 1. The van der Waals surface area contributed by atoms with Gasteiger partial charge in [-0.1, -0.05) is 0 Å². The minimum atomic E-state index is -0.703. The van der Waals surface area contributed by atoms with Crippen LogP contribution in [-0.2, 0) is 9.53 Å². The predicted octanol–water partition coefficient (Wildman–Crippen LogP) is 0.541. The molecule has 1 aliphatic carbocycles. The minimum absolute atomic E-state index is 0.0748. The molecule has 0 aliphatic heterocycles. The first-order valence-electron chi connectivity index (χ1n) is 7.11. The Labute approximate surface area is 117 Å². The van der Waals surface area contributed by atoms with Gasteiger partial charge in [0, 0.05) is 20.2 Å². The van der Waals surface area contributed by atoms with Gasteiger partial charge in [0.05, 0.1) is 12.1 Å². The Kier molecular flexibility index (Phi) is 6.23. The van der Waals surface area contributed by atoms with E-state index in [0.29, 0.717) is 19.1 Å². The molecular formula is C14H29N3O2. The van der Waals surface area contributed by atoms with Gasteiger partial charge < -0.3 is 20.3 Å². The lowest BCUT2D eigenvalue weighted by atomic mass is 9.95. The molecule has 1 amide bonds. The third kappa shape index (κ3) is 5.09. The van der Waals surface area contributed by atoms with Gasteiger partial charge >= 0.3 is 0 Å². The molecular weight excluding hydrogens is 242 g/mol. The molecule has 19 heavy (non-hydrogen) atoms. The molecule has 1 atom stereocenters. The van der Waals surface area contributed by atoms with E-state index in [1.54, 1.807) is 7.11 Å². The summed E-state index contributed by atoms with van der Waals surface area (Å²) in [5, 5.41) is 0. The molecule has 0 spiro atoms. The SMILES string of the molecule is COCCN(CCCN(C)C)C(=O)C(C)(N)C1CC1. The molecule has 0 aromatic rings. The summed E-state index contributed by atoms with van der Waals surface area (Å²) >= 11 is 0. The van der Waals surface area contributed by atoms with E-state index in [2.05, 4.69) is 4.90 Å². The monoisotopic (exact) mass is 271 g/mol. The molecule has 5 nitrogen and oxygen atoms in total. The lowest BCUT2D eigenvalue weighted by Crippen LogP contribution is -2.55. The van der Waals surface area contributed by atoms with Crippen molar-refractivity contribution >= 4 is 5.91 Å². The molecule has 0 radical (unpaired) electrons. The van der Waals surface area contributed by atoms with Gasteiger partial charge in [0.1, 0.15) is 0 Å². The molecule has 1 saturated carbocycles. The number of carbonyl (C=O) groups is 1. The van der Waals surface area contributed by atoms with Gasteiger partial charge in [0.2, 0.25) is 5.91 Å². The van der Waals surface area contributed by atoms with Gasteiger partial charge in [0.25, 0.3) is 0 Å². The third-order valence-corrected chi connectivity index (χ3v) is 3.77. The van der Waals surface area contributed by atoms with Crippen molar-refractivity contribution < 1.29 is 9.53 Å². The van der Waals surface area contributed by atoms with Crippen molar-refractivity contribution in [3.05, 3.63) is 0 Å². The Morgan fingerprint density at radius 3 is 2.42 bits per heavy atom. The Morgan fingerprint density at radius 1 is 1.32 bits per heavy atom. The van der Waals surface area contributed by atoms with Gasteiger partial charge in [-0.15, -0.1) is 0 Å². The second-order valence-electron chi connectivity index (χ2n) is 6.00. The van der Waals surface area contributed by atoms with E-state index >= 15 is 0 Å². The highest BCUT2D eigenvalue weighted by atomic mass is 16.5. The number of nitrogens with two attached hydrogens (primary N) is 1. The molecule has 1 fully saturated rings. The summed E-state index contributed by atoms with van der Waals surface area (Å²) in [5.74, 6) is 0.435. The van der Waals surface area contributed by atoms with E-state index in [0.717, 1.165) is 32.4 Å². The number of hydrogen-bond acceptors (Lipinski definition) is 4. The topological polar surface area (TPSA) is 58.8 Å². The molecule has 1 unspecified atom stereocenters. The first-order chi connectivity index (χ1) is 8.89. The molecule has 5 heteroatoms. The highest BCUT2D eigenvalue weighted by Crippen LogP contribution is 2.38. The van der Waals surface area contributed by atoms with Crippen LogP contribution in [0.5, 0.6) is 0 Å². The summed E-state index contributed by atoms with van der Waals surface area (Å²) in [6.45, 7) is 4.79. The molecule has 0 bridgehead atoms. The molecule has 0 saturated heterocycles. The fourth-order valence-corrected chi connectivity index (χ4v) is 2.29. The average Bonchev–Trinajstić information content (AvgIpc) is 3.16. The summed E-state index contributed by atoms with van der Waals surface area (Å²) in [6.07, 6.45) is 3.12. The first kappa shape index (κ1) is 16.4. The van der Waals surface area contributed by atoms with E-state index < -0.39 is 5.54 Å². The molecule has 112 valence electrons. The van der Waals surface area contributed by atoms with Gasteiger partial charge in [-0.25, -0.2) is 0 Å². The predicted molar refractivity (Wildman–Crippen MR) is 76.9 cm³/mol. The normalized spacial score (nSPS) is 18.4. The molecule has 1 rings (SSSR count). The zero-order chi connectivity index (χ0) is 14.5. The third-order valence-electron chi connectivity index (χ3n) is 3.77. The van der Waals surface area contributed by atoms with Crippen molar-refractivity contribution in [3.8, 4) is 0 Å². The van der Waals surface area contributed by atoms with E-state index in [9.17, 15) is 4.79 Å². The standard InChI is InChI=1S/C14H29N3O2/c1-14(15,12-6-7-12)13(18)17(10-11-19-4)9-5-8-16(2)3/h12H,5-11,15H2,1-4H3. The van der Waals surface area contributed by atoms with Gasteiger partial charge in [-0.3, -0.25) is 4.79 Å². The van der Waals surface area contributed by atoms with Crippen molar-refractivity contribution in [2.24, 2.45) is 11.7 Å². The Morgan fingerprint density at radius 2 is 1.95 bits per heavy atom. The summed E-state index contributed by atoms with van der Waals surface area (Å²) < 4.78 is 5.09. The first-order valence-corrected chi connectivity index (χ1v) is 7.11. The number of amides is 1. The number of rotatable bonds is 9. The van der Waals surface area contributed by atoms with E-state index in [-0.39, 0.29) is 5.91 Å². The van der Waals surface area contributed by atoms with Gasteiger partial charge in [-0.2, -0.15) is 0 Å². The van der Waals surface area contributed by atoms with Crippen LogP contribution in [0, 0.1) is 5.92 Å². The van der Waals surface area contributed by atoms with Crippen LogP contribution in [0.1, 0.15) is 26.2 Å². The molecule has 1 aliphatic rings. The lowest BCUT2D eigenvalue weighted by molar-refractivity contribution is -0.138. The van der Waals surface area contributed by atoms with Crippen molar-refractivity contribution in [3.63, 3.8) is 0 Å². The zero-order valence-electron chi connectivity index (χ0n) is 12.8. The van der Waals surface area contributed by atoms with Crippen LogP contribution >= 0.6 is 0 Å². The number of hydrogen-bond donors (Lipinski definition) is 1. The summed E-state index contributed by atoms with van der Waals surface area (Å²) in [5.41, 5.74) is 5.52. The average molecular weight is 271 g/mol. The Hall–Kier alpha value is -0.650. The van der Waals surface area contributed by atoms with Crippen LogP contribution in [0.15, 0.2) is 0 Å². The van der Waals surface area contributed by atoms with E-state index in [4.69, 9.17) is 10.5 Å². The van der Waals surface area contributed by atoms with Crippen LogP contribution in [0.25, 0.3) is 0 Å². The number of methoxy groups -OCH3 is 1. The molecule has 0 aromatic heterocycles. The Bertz CT molecular complexity index is 288. The second kappa shape index (κ2) is 7.22. The van der Waals surface area contributed by atoms with Crippen LogP contribution in [0.3, 0.4) is 0 Å². The van der Waals surface area contributed by atoms with Crippen LogP contribution in [0.2, 0.25) is 0 Å². The minimum Gasteiger partial charge on any atom is -0.383 e. The molecule has 0 heterocycles. The van der Waals surface area contributed by atoms with Crippen molar-refractivity contribution in [2.75, 3.05) is 47.4 Å². The Balaban J connectivity index is 2.53. The summed E-state index contributed by atoms with van der Waals surface area (Å²) in [7, 11) is 5.74. The largest absolute Gasteiger partial charge is 0.383 e. The van der Waals surface area contributed by atoms with Crippen LogP contribution < -0.4 is 5.73 Å². The van der Waals surface area contributed by atoms with Crippen molar-refractivity contribution in [1.29, 1.82) is 0 Å². The van der Waals surface area contributed by atoms with Crippen molar-refractivity contribution in [2.45, 2.75) is 31.7 Å². The van der Waals surface area contributed by atoms with Gasteiger partial charge in [0.15, 0.2) is 0 Å². The fraction of sp³-hybridized carbons (Fsp3) is 0.929. The van der Waals surface area contributed by atoms with E-state index in [1.165, 1.54) is 0 Å². The van der Waals surface area contributed by atoms with Crippen LogP contribution in [-0.4, -0.2) is 68.7 Å². The van der Waals surface area contributed by atoms with Gasteiger partial charge in [-0.05, 0) is 52.7 Å². The highest BCUT2D eigenvalue weighted by Gasteiger charge is 2.45. The van der Waals surface area contributed by atoms with Crippen molar-refractivity contribution in [1.82, 2.24) is 9.80 Å². The molecule has 2 N–H and O–H groups in total. The van der Waals surface area contributed by atoms with Crippen LogP contribution in [0.4, 0.5) is 0 Å². The second-order valence-corrected chi connectivity index (χ2v) is 6.00. The fourth-order valence-electron chi connectivity index (χ4n) is 2.29. The lowest BCUT2D eigenvalue weighted by Gasteiger charge is -2.32. The summed E-state index contributed by atoms with van der Waals surface area (Å²) in [6, 6.07) is 0. The number of carbonyl (C=O) groups excluding carboxylic acids is 1. The highest BCUT2D eigenvalue weighted by molar-refractivity contribution is 5.86. The smallest absolute Gasteiger partial charge is 0.242 e. The number of nitrogens with zero attached hydrogens (tertiary/aromatic N) is 2. The quantitative estimate of drug-likeness (QED) is 0.665. The summed E-state index contributed by atoms with van der Waals surface area (Å²) in [4.78, 5) is 16.6. The maximum atomic E-state index is 12.6. The van der Waals surface area contributed by atoms with E-state index in [1.807, 2.05) is 25.9 Å².